The summed E-state index contributed by atoms with van der Waals surface area (Å²) in [5, 5.41) is 11.9. The second-order valence-electron chi connectivity index (χ2n) is 5.14. The topological polar surface area (TPSA) is 93.4 Å². The van der Waals surface area contributed by atoms with Crippen LogP contribution in [0.5, 0.6) is 0 Å². The van der Waals surface area contributed by atoms with E-state index in [2.05, 4.69) is 15.5 Å². The van der Waals surface area contributed by atoms with Gasteiger partial charge in [-0.1, -0.05) is 35.0 Å². The van der Waals surface area contributed by atoms with Crippen LogP contribution in [-0.2, 0) is 14.6 Å². The largest absolute Gasteiger partial charge is 0.352 e. The molecule has 2 aromatic heterocycles. The SMILES string of the molecule is O=C(CSc1nnc2c(Cl)cc(Cl)cn12)N[C@H]1CCS(=O)(=O)C1. The predicted octanol–water partition coefficient (Wildman–Crippen LogP) is 1.43. The van der Waals surface area contributed by atoms with Gasteiger partial charge >= 0.3 is 0 Å². The molecule has 0 spiro atoms. The summed E-state index contributed by atoms with van der Waals surface area (Å²) in [4.78, 5) is 11.9. The van der Waals surface area contributed by atoms with Crippen molar-refractivity contribution >= 4 is 56.4 Å². The summed E-state index contributed by atoms with van der Waals surface area (Å²) in [5.41, 5.74) is 0.459. The maximum absolute atomic E-state index is 11.9. The quantitative estimate of drug-likeness (QED) is 0.788. The Morgan fingerprint density at radius 1 is 1.43 bits per heavy atom. The van der Waals surface area contributed by atoms with E-state index in [1.807, 2.05) is 0 Å². The van der Waals surface area contributed by atoms with Gasteiger partial charge in [-0.05, 0) is 12.5 Å². The second kappa shape index (κ2) is 6.46. The van der Waals surface area contributed by atoms with Crippen molar-refractivity contribution in [3.05, 3.63) is 22.3 Å². The lowest BCUT2D eigenvalue weighted by atomic mass is 10.3. The summed E-state index contributed by atoms with van der Waals surface area (Å²) < 4.78 is 24.4. The Morgan fingerprint density at radius 2 is 2.22 bits per heavy atom. The number of nitrogens with one attached hydrogen (secondary N) is 1. The molecule has 7 nitrogen and oxygen atoms in total. The average Bonchev–Trinajstić information content (AvgIpc) is 3.00. The molecule has 1 saturated heterocycles. The van der Waals surface area contributed by atoms with Crippen LogP contribution in [0.3, 0.4) is 0 Å². The van der Waals surface area contributed by atoms with E-state index in [0.29, 0.717) is 27.3 Å². The first-order valence-corrected chi connectivity index (χ1v) is 10.2. The molecular weight excluding hydrogens is 383 g/mol. The van der Waals surface area contributed by atoms with Crippen LogP contribution in [-0.4, -0.2) is 52.2 Å². The number of fused-ring (bicyclic) bond motifs is 1. The van der Waals surface area contributed by atoms with Crippen LogP contribution in [0.4, 0.5) is 0 Å². The van der Waals surface area contributed by atoms with E-state index in [1.54, 1.807) is 16.7 Å². The van der Waals surface area contributed by atoms with E-state index in [9.17, 15) is 13.2 Å². The highest BCUT2D eigenvalue weighted by molar-refractivity contribution is 7.99. The molecule has 0 radical (unpaired) electrons. The minimum Gasteiger partial charge on any atom is -0.352 e. The number of rotatable bonds is 4. The summed E-state index contributed by atoms with van der Waals surface area (Å²) in [6.45, 7) is 0. The Labute approximate surface area is 146 Å². The molecule has 0 bridgehead atoms. The molecule has 1 aliphatic heterocycles. The van der Waals surface area contributed by atoms with E-state index in [0.717, 1.165) is 0 Å². The van der Waals surface area contributed by atoms with Crippen molar-refractivity contribution in [1.29, 1.82) is 0 Å². The average molecular weight is 395 g/mol. The summed E-state index contributed by atoms with van der Waals surface area (Å²) in [6.07, 6.45) is 2.07. The molecule has 23 heavy (non-hydrogen) atoms. The summed E-state index contributed by atoms with van der Waals surface area (Å²) in [7, 11) is -3.01. The molecule has 1 amide bonds. The molecule has 2 aromatic rings. The second-order valence-corrected chi connectivity index (χ2v) is 9.15. The molecule has 1 atom stereocenters. The standard InChI is InChI=1S/C12H12Cl2N4O3S2/c13-7-3-9(14)11-16-17-12(18(11)4-7)22-5-10(19)15-8-1-2-23(20,21)6-8/h3-4,8H,1-2,5-6H2,(H,15,19)/t8-/m0/s1. The van der Waals surface area contributed by atoms with Crippen LogP contribution in [0.1, 0.15) is 6.42 Å². The lowest BCUT2D eigenvalue weighted by molar-refractivity contribution is -0.119. The van der Waals surface area contributed by atoms with E-state index in [4.69, 9.17) is 23.2 Å². The van der Waals surface area contributed by atoms with E-state index in [-0.39, 0.29) is 29.2 Å². The number of hydrogen-bond acceptors (Lipinski definition) is 6. The first-order chi connectivity index (χ1) is 10.8. The lowest BCUT2D eigenvalue weighted by Crippen LogP contribution is -2.36. The Hall–Kier alpha value is -1.03. The van der Waals surface area contributed by atoms with Crippen molar-refractivity contribution in [2.75, 3.05) is 17.3 Å². The van der Waals surface area contributed by atoms with Crippen molar-refractivity contribution in [2.24, 2.45) is 0 Å². The third kappa shape index (κ3) is 3.90. The zero-order valence-corrected chi connectivity index (χ0v) is 14.8. The lowest BCUT2D eigenvalue weighted by Gasteiger charge is -2.10. The molecule has 3 heterocycles. The van der Waals surface area contributed by atoms with Gasteiger partial charge in [-0.25, -0.2) is 8.42 Å². The number of pyridine rings is 1. The van der Waals surface area contributed by atoms with Crippen LogP contribution in [0.25, 0.3) is 5.65 Å². The summed E-state index contributed by atoms with van der Waals surface area (Å²) >= 11 is 13.2. The maximum Gasteiger partial charge on any atom is 0.230 e. The molecule has 124 valence electrons. The number of hydrogen-bond donors (Lipinski definition) is 1. The first kappa shape index (κ1) is 16.8. The first-order valence-electron chi connectivity index (χ1n) is 6.66. The number of nitrogens with zero attached hydrogens (tertiary/aromatic N) is 3. The van der Waals surface area contributed by atoms with Gasteiger partial charge in [0.05, 0.1) is 27.3 Å². The molecule has 1 N–H and O–H groups in total. The van der Waals surface area contributed by atoms with Crippen LogP contribution >= 0.6 is 35.0 Å². The van der Waals surface area contributed by atoms with Crippen molar-refractivity contribution in [3.63, 3.8) is 0 Å². The number of halogens is 2. The molecule has 1 fully saturated rings. The van der Waals surface area contributed by atoms with Crippen molar-refractivity contribution in [2.45, 2.75) is 17.6 Å². The zero-order chi connectivity index (χ0) is 16.6. The van der Waals surface area contributed by atoms with Crippen LogP contribution in [0.2, 0.25) is 10.0 Å². The Morgan fingerprint density at radius 3 is 2.91 bits per heavy atom. The fourth-order valence-electron chi connectivity index (χ4n) is 2.31. The van der Waals surface area contributed by atoms with Gasteiger partial charge in [0.1, 0.15) is 0 Å². The number of amides is 1. The highest BCUT2D eigenvalue weighted by Gasteiger charge is 2.28. The number of carbonyl (C=O) groups excluding carboxylic acids is 1. The van der Waals surface area contributed by atoms with Crippen LogP contribution in [0.15, 0.2) is 17.4 Å². The Bertz CT molecular complexity index is 869. The number of thioether (sulfide) groups is 1. The van der Waals surface area contributed by atoms with Crippen LogP contribution < -0.4 is 5.32 Å². The third-order valence-corrected chi connectivity index (χ3v) is 6.52. The number of aromatic nitrogens is 3. The Balaban J connectivity index is 1.63. The summed E-state index contributed by atoms with van der Waals surface area (Å²) in [6, 6.07) is 1.25. The van der Waals surface area contributed by atoms with Crippen molar-refractivity contribution < 1.29 is 13.2 Å². The monoisotopic (exact) mass is 394 g/mol. The number of sulfone groups is 1. The van der Waals surface area contributed by atoms with Gasteiger partial charge in [-0.2, -0.15) is 0 Å². The Kier molecular flexibility index (Phi) is 4.73. The van der Waals surface area contributed by atoms with Gasteiger partial charge in [0.15, 0.2) is 20.6 Å². The van der Waals surface area contributed by atoms with Gasteiger partial charge in [-0.15, -0.1) is 10.2 Å². The fourth-order valence-corrected chi connectivity index (χ4v) is 5.21. The molecular formula is C12H12Cl2N4O3S2. The predicted molar refractivity (Wildman–Crippen MR) is 88.9 cm³/mol. The molecule has 1 aliphatic rings. The normalized spacial score (nSPS) is 20.0. The molecule has 0 saturated carbocycles. The van der Waals surface area contributed by atoms with Gasteiger partial charge in [0.25, 0.3) is 0 Å². The minimum absolute atomic E-state index is 0.00247. The highest BCUT2D eigenvalue weighted by atomic mass is 35.5. The smallest absolute Gasteiger partial charge is 0.230 e. The minimum atomic E-state index is -3.01. The third-order valence-electron chi connectivity index (χ3n) is 3.33. The van der Waals surface area contributed by atoms with E-state index >= 15 is 0 Å². The molecule has 11 heteroatoms. The fraction of sp³-hybridized carbons (Fsp3) is 0.417. The number of carbonyl (C=O) groups is 1. The van der Waals surface area contributed by atoms with Gasteiger partial charge in [-0.3, -0.25) is 9.20 Å². The van der Waals surface area contributed by atoms with Gasteiger partial charge in [0.2, 0.25) is 5.91 Å². The molecule has 0 aliphatic carbocycles. The van der Waals surface area contributed by atoms with Crippen molar-refractivity contribution in [3.8, 4) is 0 Å². The highest BCUT2D eigenvalue weighted by Crippen LogP contribution is 2.25. The van der Waals surface area contributed by atoms with Crippen molar-refractivity contribution in [1.82, 2.24) is 19.9 Å². The molecule has 0 aromatic carbocycles. The van der Waals surface area contributed by atoms with E-state index < -0.39 is 9.84 Å². The molecule has 3 rings (SSSR count). The zero-order valence-electron chi connectivity index (χ0n) is 11.7. The van der Waals surface area contributed by atoms with Crippen LogP contribution in [0, 0.1) is 0 Å². The van der Waals surface area contributed by atoms with Gasteiger partial charge < -0.3 is 5.32 Å². The maximum atomic E-state index is 11.9. The van der Waals surface area contributed by atoms with Gasteiger partial charge in [0, 0.05) is 12.2 Å². The van der Waals surface area contributed by atoms with E-state index in [1.165, 1.54) is 11.8 Å². The summed E-state index contributed by atoms with van der Waals surface area (Å²) in [5.74, 6) is -0.0251. The molecule has 0 unspecified atom stereocenters.